The molecule has 126 valence electrons. The van der Waals surface area contributed by atoms with Crippen molar-refractivity contribution in [3.8, 4) is 0 Å². The number of aliphatic imine (C=N–C) groups is 1. The summed E-state index contributed by atoms with van der Waals surface area (Å²) in [5, 5.41) is 6.51. The van der Waals surface area contributed by atoms with Gasteiger partial charge >= 0.3 is 0 Å². The molecule has 0 saturated heterocycles. The van der Waals surface area contributed by atoms with E-state index in [1.54, 1.807) is 0 Å². The second-order valence-corrected chi connectivity index (χ2v) is 5.42. The van der Waals surface area contributed by atoms with E-state index in [1.807, 2.05) is 19.2 Å². The Morgan fingerprint density at radius 3 is 2.45 bits per heavy atom. The first-order valence-corrected chi connectivity index (χ1v) is 7.49. The van der Waals surface area contributed by atoms with E-state index in [-0.39, 0.29) is 29.8 Å². The normalized spacial score (nSPS) is 11.5. The van der Waals surface area contributed by atoms with Gasteiger partial charge in [0, 0.05) is 25.7 Å². The zero-order chi connectivity index (χ0) is 15.7. The summed E-state index contributed by atoms with van der Waals surface area (Å²) in [6.07, 6.45) is 0. The number of hydrogen-bond donors (Lipinski definition) is 2. The molecule has 0 aliphatic rings. The predicted octanol–water partition coefficient (Wildman–Crippen LogP) is 2.84. The second-order valence-electron chi connectivity index (χ2n) is 5.42. The molecule has 4 nitrogen and oxygen atoms in total. The second kappa shape index (κ2) is 11.6. The van der Waals surface area contributed by atoms with E-state index in [1.165, 1.54) is 12.1 Å². The third-order valence-corrected chi connectivity index (χ3v) is 2.89. The number of likely N-dealkylation sites (N-methyl/N-ethyl adjacent to an activating group) is 1. The molecule has 22 heavy (non-hydrogen) atoms. The van der Waals surface area contributed by atoms with Gasteiger partial charge in [0.05, 0.1) is 6.54 Å². The Labute approximate surface area is 150 Å². The Morgan fingerprint density at radius 1 is 1.27 bits per heavy atom. The van der Waals surface area contributed by atoms with Gasteiger partial charge in [-0.25, -0.2) is 4.39 Å². The van der Waals surface area contributed by atoms with Crippen molar-refractivity contribution in [3.05, 3.63) is 35.6 Å². The zero-order valence-electron chi connectivity index (χ0n) is 13.9. The van der Waals surface area contributed by atoms with Crippen LogP contribution in [0.3, 0.4) is 0 Å². The molecule has 1 aromatic carbocycles. The fourth-order valence-corrected chi connectivity index (χ4v) is 1.91. The Morgan fingerprint density at radius 2 is 1.91 bits per heavy atom. The number of rotatable bonds is 7. The lowest BCUT2D eigenvalue weighted by atomic mass is 10.2. The van der Waals surface area contributed by atoms with E-state index in [0.29, 0.717) is 6.04 Å². The smallest absolute Gasteiger partial charge is 0.191 e. The lowest BCUT2D eigenvalue weighted by Gasteiger charge is -2.17. The first kappa shape index (κ1) is 21.1. The van der Waals surface area contributed by atoms with Gasteiger partial charge in [0.2, 0.25) is 0 Å². The van der Waals surface area contributed by atoms with Crippen molar-refractivity contribution in [1.29, 1.82) is 0 Å². The van der Waals surface area contributed by atoms with Crippen molar-refractivity contribution in [2.45, 2.75) is 33.4 Å². The van der Waals surface area contributed by atoms with Crippen LogP contribution in [-0.2, 0) is 6.54 Å². The molecule has 0 aliphatic heterocycles. The molecule has 0 bridgehead atoms. The minimum Gasteiger partial charge on any atom is -0.357 e. The maximum absolute atomic E-state index is 12.8. The lowest BCUT2D eigenvalue weighted by Crippen LogP contribution is -2.41. The van der Waals surface area contributed by atoms with Crippen LogP contribution in [0, 0.1) is 5.82 Å². The van der Waals surface area contributed by atoms with Gasteiger partial charge in [0.25, 0.3) is 0 Å². The highest BCUT2D eigenvalue weighted by atomic mass is 127. The summed E-state index contributed by atoms with van der Waals surface area (Å²) in [7, 11) is 2.04. The number of nitrogens with one attached hydrogen (secondary N) is 2. The average molecular weight is 422 g/mol. The van der Waals surface area contributed by atoms with Crippen molar-refractivity contribution in [1.82, 2.24) is 15.5 Å². The maximum atomic E-state index is 12.8. The summed E-state index contributed by atoms with van der Waals surface area (Å²) in [4.78, 5) is 6.72. The largest absolute Gasteiger partial charge is 0.357 e. The summed E-state index contributed by atoms with van der Waals surface area (Å²) in [6.45, 7) is 9.46. The van der Waals surface area contributed by atoms with Gasteiger partial charge in [-0.15, -0.1) is 24.0 Å². The molecule has 0 aromatic heterocycles. The molecule has 1 rings (SSSR count). The molecule has 6 heteroatoms. The van der Waals surface area contributed by atoms with E-state index >= 15 is 0 Å². The highest BCUT2D eigenvalue weighted by Crippen LogP contribution is 2.05. The van der Waals surface area contributed by atoms with E-state index in [4.69, 9.17) is 0 Å². The van der Waals surface area contributed by atoms with E-state index in [9.17, 15) is 4.39 Å². The number of nitrogens with zero attached hydrogens (tertiary/aromatic N) is 2. The molecule has 1 aromatic rings. The van der Waals surface area contributed by atoms with Crippen LogP contribution in [0.2, 0.25) is 0 Å². The van der Waals surface area contributed by atoms with Crippen LogP contribution >= 0.6 is 24.0 Å². The van der Waals surface area contributed by atoms with Crippen LogP contribution in [0.5, 0.6) is 0 Å². The Hall–Kier alpha value is -0.890. The van der Waals surface area contributed by atoms with E-state index < -0.39 is 0 Å². The molecular weight excluding hydrogens is 394 g/mol. The van der Waals surface area contributed by atoms with Crippen LogP contribution in [0.15, 0.2) is 29.3 Å². The standard InChI is InChI=1S/C16H27FN4.HI/c1-5-18-16(20-13(2)3)19-10-11-21(4)12-14-6-8-15(17)9-7-14;/h6-9,13H,5,10-12H2,1-4H3,(H2,18,19,20);1H. The molecular formula is C16H28FIN4. The Kier molecular flexibility index (Phi) is 11.2. The molecule has 0 saturated carbocycles. The summed E-state index contributed by atoms with van der Waals surface area (Å²) < 4.78 is 12.8. The van der Waals surface area contributed by atoms with Crippen LogP contribution < -0.4 is 10.6 Å². The quantitative estimate of drug-likeness (QED) is 0.404. The first-order chi connectivity index (χ1) is 10.0. The summed E-state index contributed by atoms with van der Waals surface area (Å²) >= 11 is 0. The topological polar surface area (TPSA) is 39.7 Å². The van der Waals surface area contributed by atoms with Gasteiger partial charge in [-0.05, 0) is 45.5 Å². The van der Waals surface area contributed by atoms with Crippen molar-refractivity contribution in [3.63, 3.8) is 0 Å². The molecule has 0 heterocycles. The van der Waals surface area contributed by atoms with Gasteiger partial charge in [-0.1, -0.05) is 12.1 Å². The van der Waals surface area contributed by atoms with Crippen LogP contribution in [0.1, 0.15) is 26.3 Å². The van der Waals surface area contributed by atoms with Crippen molar-refractivity contribution < 1.29 is 4.39 Å². The minimum atomic E-state index is -0.193. The number of halogens is 2. The third kappa shape index (κ3) is 9.19. The van der Waals surface area contributed by atoms with Gasteiger partial charge in [0.15, 0.2) is 5.96 Å². The van der Waals surface area contributed by atoms with E-state index in [2.05, 4.69) is 41.3 Å². The van der Waals surface area contributed by atoms with E-state index in [0.717, 1.165) is 37.7 Å². The Bertz CT molecular complexity index is 434. The highest BCUT2D eigenvalue weighted by Gasteiger charge is 2.02. The SMILES string of the molecule is CCNC(=NCCN(C)Cc1ccc(F)cc1)NC(C)C.I. The summed E-state index contributed by atoms with van der Waals surface area (Å²) in [5.41, 5.74) is 1.11. The summed E-state index contributed by atoms with van der Waals surface area (Å²) in [6, 6.07) is 6.99. The molecule has 0 atom stereocenters. The molecule has 0 spiro atoms. The Balaban J connectivity index is 0.00000441. The fraction of sp³-hybridized carbons (Fsp3) is 0.562. The molecule has 2 N–H and O–H groups in total. The van der Waals surface area contributed by atoms with Crippen LogP contribution in [0.4, 0.5) is 4.39 Å². The minimum absolute atomic E-state index is 0. The predicted molar refractivity (Wildman–Crippen MR) is 102 cm³/mol. The number of guanidine groups is 1. The highest BCUT2D eigenvalue weighted by molar-refractivity contribution is 14.0. The maximum Gasteiger partial charge on any atom is 0.191 e. The third-order valence-electron chi connectivity index (χ3n) is 2.89. The van der Waals surface area contributed by atoms with Gasteiger partial charge in [-0.2, -0.15) is 0 Å². The van der Waals surface area contributed by atoms with Gasteiger partial charge in [-0.3, -0.25) is 4.99 Å². The lowest BCUT2D eigenvalue weighted by molar-refractivity contribution is 0.336. The van der Waals surface area contributed by atoms with Crippen LogP contribution in [-0.4, -0.2) is 43.6 Å². The van der Waals surface area contributed by atoms with Gasteiger partial charge in [0.1, 0.15) is 5.82 Å². The molecule has 0 unspecified atom stereocenters. The fourth-order valence-electron chi connectivity index (χ4n) is 1.91. The average Bonchev–Trinajstić information content (AvgIpc) is 2.41. The van der Waals surface area contributed by atoms with Crippen molar-refractivity contribution in [2.75, 3.05) is 26.7 Å². The molecule has 0 radical (unpaired) electrons. The molecule has 0 fully saturated rings. The molecule has 0 amide bonds. The summed E-state index contributed by atoms with van der Waals surface area (Å²) in [5.74, 6) is 0.656. The monoisotopic (exact) mass is 422 g/mol. The number of hydrogen-bond acceptors (Lipinski definition) is 2. The van der Waals surface area contributed by atoms with Crippen LogP contribution in [0.25, 0.3) is 0 Å². The molecule has 0 aliphatic carbocycles. The van der Waals surface area contributed by atoms with Crippen molar-refractivity contribution in [2.24, 2.45) is 4.99 Å². The van der Waals surface area contributed by atoms with Crippen molar-refractivity contribution >= 4 is 29.9 Å². The first-order valence-electron chi connectivity index (χ1n) is 7.49. The zero-order valence-corrected chi connectivity index (χ0v) is 16.2. The number of benzene rings is 1. The van der Waals surface area contributed by atoms with Gasteiger partial charge < -0.3 is 15.5 Å².